The predicted octanol–water partition coefficient (Wildman–Crippen LogP) is 2.81. The van der Waals surface area contributed by atoms with E-state index < -0.39 is 0 Å². The van der Waals surface area contributed by atoms with E-state index in [-0.39, 0.29) is 11.9 Å². The average molecular weight is 337 g/mol. The molecule has 2 atom stereocenters. The molecule has 128 valence electrons. The van der Waals surface area contributed by atoms with Crippen LogP contribution in [0.2, 0.25) is 0 Å². The Hall–Kier alpha value is -1.14. The van der Waals surface area contributed by atoms with Gasteiger partial charge < -0.3 is 15.5 Å². The molecule has 0 unspecified atom stereocenters. The molecular formula is C17H28N4OS. The summed E-state index contributed by atoms with van der Waals surface area (Å²) in [5.74, 6) is 1.16. The van der Waals surface area contributed by atoms with Gasteiger partial charge in [-0.1, -0.05) is 19.8 Å². The Morgan fingerprint density at radius 1 is 1.43 bits per heavy atom. The molecule has 1 aromatic heterocycles. The number of carbonyl (C=O) groups excluding carboxylic acids is 1. The van der Waals surface area contributed by atoms with Crippen LogP contribution in [0.5, 0.6) is 0 Å². The average Bonchev–Trinajstić information content (AvgIpc) is 3.28. The van der Waals surface area contributed by atoms with E-state index in [1.165, 1.54) is 32.2 Å². The Morgan fingerprint density at radius 3 is 3.00 bits per heavy atom. The molecule has 2 aliphatic rings. The molecule has 0 bridgehead atoms. The van der Waals surface area contributed by atoms with Crippen LogP contribution in [-0.4, -0.2) is 48.1 Å². The third kappa shape index (κ3) is 4.91. The second kappa shape index (κ2) is 8.11. The molecule has 0 spiro atoms. The van der Waals surface area contributed by atoms with Crippen LogP contribution in [0.15, 0.2) is 11.6 Å². The first kappa shape index (κ1) is 16.7. The smallest absolute Gasteiger partial charge is 0.315 e. The van der Waals surface area contributed by atoms with E-state index in [0.717, 1.165) is 30.4 Å². The number of aromatic nitrogens is 1. The van der Waals surface area contributed by atoms with Crippen molar-refractivity contribution in [2.75, 3.05) is 26.2 Å². The fraction of sp³-hybridized carbons (Fsp3) is 0.765. The van der Waals surface area contributed by atoms with Crippen molar-refractivity contribution in [3.63, 3.8) is 0 Å². The number of hydrogen-bond donors (Lipinski definition) is 2. The van der Waals surface area contributed by atoms with E-state index in [1.807, 2.05) is 11.6 Å². The summed E-state index contributed by atoms with van der Waals surface area (Å²) < 4.78 is 0. The third-order valence-electron chi connectivity index (χ3n) is 5.04. The highest BCUT2D eigenvalue weighted by Gasteiger charge is 2.26. The number of amides is 2. The van der Waals surface area contributed by atoms with Crippen molar-refractivity contribution in [2.45, 2.75) is 51.0 Å². The van der Waals surface area contributed by atoms with Gasteiger partial charge in [0.25, 0.3) is 0 Å². The van der Waals surface area contributed by atoms with Gasteiger partial charge >= 0.3 is 6.03 Å². The molecule has 2 N–H and O–H groups in total. The molecule has 1 aromatic rings. The van der Waals surface area contributed by atoms with Crippen molar-refractivity contribution in [1.82, 2.24) is 20.5 Å². The molecule has 23 heavy (non-hydrogen) atoms. The summed E-state index contributed by atoms with van der Waals surface area (Å²) in [7, 11) is 0. The fourth-order valence-electron chi connectivity index (χ4n) is 3.72. The lowest BCUT2D eigenvalue weighted by Gasteiger charge is -2.20. The van der Waals surface area contributed by atoms with Gasteiger partial charge in [0.15, 0.2) is 0 Å². The molecule has 3 rings (SSSR count). The molecule has 6 heteroatoms. The van der Waals surface area contributed by atoms with Crippen molar-refractivity contribution in [2.24, 2.45) is 5.92 Å². The van der Waals surface area contributed by atoms with Crippen LogP contribution in [-0.2, 0) is 0 Å². The highest BCUT2D eigenvalue weighted by Crippen LogP contribution is 2.26. The number of urea groups is 1. The van der Waals surface area contributed by atoms with Crippen LogP contribution in [0.1, 0.15) is 50.0 Å². The van der Waals surface area contributed by atoms with Crippen molar-refractivity contribution in [3.05, 3.63) is 16.6 Å². The van der Waals surface area contributed by atoms with Gasteiger partial charge in [0.2, 0.25) is 0 Å². The van der Waals surface area contributed by atoms with Crippen LogP contribution in [0.3, 0.4) is 0 Å². The second-order valence-electron chi connectivity index (χ2n) is 7.02. The van der Waals surface area contributed by atoms with Crippen molar-refractivity contribution in [1.29, 1.82) is 0 Å². The molecule has 0 radical (unpaired) electrons. The number of carbonyl (C=O) groups is 1. The van der Waals surface area contributed by atoms with Crippen LogP contribution in [0.4, 0.5) is 4.79 Å². The van der Waals surface area contributed by atoms with E-state index in [4.69, 9.17) is 0 Å². The Labute approximate surface area is 142 Å². The van der Waals surface area contributed by atoms with Crippen LogP contribution in [0, 0.1) is 5.92 Å². The maximum atomic E-state index is 12.1. The van der Waals surface area contributed by atoms with E-state index in [2.05, 4.69) is 27.4 Å². The van der Waals surface area contributed by atoms with Crippen LogP contribution < -0.4 is 10.6 Å². The van der Waals surface area contributed by atoms with Gasteiger partial charge in [-0.2, -0.15) is 0 Å². The number of nitrogens with zero attached hydrogens (tertiary/aromatic N) is 2. The minimum atomic E-state index is -0.0406. The van der Waals surface area contributed by atoms with Crippen molar-refractivity contribution in [3.8, 4) is 0 Å². The summed E-state index contributed by atoms with van der Waals surface area (Å²) in [5.41, 5.74) is 0. The number of hydrogen-bond acceptors (Lipinski definition) is 4. The molecule has 5 nitrogen and oxygen atoms in total. The molecule has 1 saturated carbocycles. The van der Waals surface area contributed by atoms with Gasteiger partial charge in [-0.15, -0.1) is 11.3 Å². The number of rotatable bonds is 6. The largest absolute Gasteiger partial charge is 0.337 e. The summed E-state index contributed by atoms with van der Waals surface area (Å²) in [5, 5.41) is 9.16. The Balaban J connectivity index is 1.34. The zero-order valence-electron chi connectivity index (χ0n) is 14.0. The Bertz CT molecular complexity index is 487. The lowest BCUT2D eigenvalue weighted by molar-refractivity contribution is 0.234. The van der Waals surface area contributed by atoms with Crippen LogP contribution >= 0.6 is 11.3 Å². The molecule has 2 heterocycles. The fourth-order valence-corrected chi connectivity index (χ4v) is 4.42. The Morgan fingerprint density at radius 2 is 2.26 bits per heavy atom. The molecular weight excluding hydrogens is 308 g/mol. The van der Waals surface area contributed by atoms with E-state index in [0.29, 0.717) is 12.6 Å². The quantitative estimate of drug-likeness (QED) is 0.840. The van der Waals surface area contributed by atoms with E-state index in [9.17, 15) is 4.79 Å². The predicted molar refractivity (Wildman–Crippen MR) is 93.9 cm³/mol. The molecule has 2 fully saturated rings. The topological polar surface area (TPSA) is 57.3 Å². The minimum Gasteiger partial charge on any atom is -0.337 e. The second-order valence-corrected chi connectivity index (χ2v) is 7.95. The van der Waals surface area contributed by atoms with Gasteiger partial charge in [0.05, 0.1) is 5.01 Å². The summed E-state index contributed by atoms with van der Waals surface area (Å²) in [6.07, 6.45) is 8.48. The number of thiazole rings is 1. The maximum absolute atomic E-state index is 12.1. The van der Waals surface area contributed by atoms with Gasteiger partial charge in [-0.05, 0) is 25.2 Å². The van der Waals surface area contributed by atoms with Crippen molar-refractivity contribution < 1.29 is 4.79 Å². The molecule has 1 saturated heterocycles. The third-order valence-corrected chi connectivity index (χ3v) is 6.05. The zero-order chi connectivity index (χ0) is 16.1. The highest BCUT2D eigenvalue weighted by atomic mass is 32.1. The van der Waals surface area contributed by atoms with Gasteiger partial charge in [0.1, 0.15) is 0 Å². The Kier molecular flexibility index (Phi) is 5.89. The maximum Gasteiger partial charge on any atom is 0.315 e. The molecule has 1 aliphatic carbocycles. The van der Waals surface area contributed by atoms with Gasteiger partial charge in [-0.3, -0.25) is 0 Å². The van der Waals surface area contributed by atoms with E-state index in [1.54, 1.807) is 11.3 Å². The van der Waals surface area contributed by atoms with Crippen molar-refractivity contribution >= 4 is 17.4 Å². The number of nitrogens with one attached hydrogen (secondary N) is 2. The summed E-state index contributed by atoms with van der Waals surface area (Å²) in [4.78, 5) is 18.9. The normalized spacial score (nSPS) is 24.0. The lowest BCUT2D eigenvalue weighted by Crippen LogP contribution is -2.44. The first-order valence-corrected chi connectivity index (χ1v) is 9.75. The summed E-state index contributed by atoms with van der Waals surface area (Å²) in [6, 6.07) is 0.257. The first-order chi connectivity index (χ1) is 11.2. The summed E-state index contributed by atoms with van der Waals surface area (Å²) in [6.45, 7) is 6.08. The number of likely N-dealkylation sites (tertiary alicyclic amines) is 1. The first-order valence-electron chi connectivity index (χ1n) is 8.87. The van der Waals surface area contributed by atoms with Crippen LogP contribution in [0.25, 0.3) is 0 Å². The van der Waals surface area contributed by atoms with Gasteiger partial charge in [-0.25, -0.2) is 9.78 Å². The monoisotopic (exact) mass is 336 g/mol. The standard InChI is InChI=1S/C17H28N4OS/c1-13(16-18-7-9-23-16)10-19-17(22)20-15-6-8-21(12-15)11-14-4-2-3-5-14/h7,9,13-15H,2-6,8,10-12H2,1H3,(H2,19,20,22)/t13-,15+/m1/s1. The molecule has 1 aliphatic heterocycles. The molecule has 2 amide bonds. The SMILES string of the molecule is C[C@H](CNC(=O)N[C@H]1CCN(CC2CCCC2)C1)c1nccs1. The van der Waals surface area contributed by atoms with Gasteiger partial charge in [0, 0.05) is 49.7 Å². The zero-order valence-corrected chi connectivity index (χ0v) is 14.8. The molecule has 0 aromatic carbocycles. The minimum absolute atomic E-state index is 0.0406. The highest BCUT2D eigenvalue weighted by molar-refractivity contribution is 7.09. The van der Waals surface area contributed by atoms with E-state index >= 15 is 0 Å². The summed E-state index contributed by atoms with van der Waals surface area (Å²) >= 11 is 1.64. The lowest BCUT2D eigenvalue weighted by atomic mass is 10.1.